The molecular formula is C17H26N2O2. The lowest BCUT2D eigenvalue weighted by Gasteiger charge is -2.36. The van der Waals surface area contributed by atoms with Gasteiger partial charge in [0.05, 0.1) is 13.0 Å². The second kappa shape index (κ2) is 6.94. The summed E-state index contributed by atoms with van der Waals surface area (Å²) in [5.74, 6) is 1.03. The van der Waals surface area contributed by atoms with Crippen molar-refractivity contribution >= 4 is 5.91 Å². The van der Waals surface area contributed by atoms with Crippen molar-refractivity contribution in [1.82, 2.24) is 4.90 Å². The van der Waals surface area contributed by atoms with Crippen LogP contribution in [-0.2, 0) is 4.79 Å². The maximum Gasteiger partial charge on any atom is 0.226 e. The molecule has 0 aliphatic carbocycles. The summed E-state index contributed by atoms with van der Waals surface area (Å²) in [6.07, 6.45) is 2.21. The van der Waals surface area contributed by atoms with E-state index in [2.05, 4.69) is 19.9 Å². The lowest BCUT2D eigenvalue weighted by molar-refractivity contribution is -0.135. The first-order valence-corrected chi connectivity index (χ1v) is 7.72. The van der Waals surface area contributed by atoms with Gasteiger partial charge in [0.1, 0.15) is 5.75 Å². The molecule has 1 aromatic rings. The Bertz CT molecular complexity index is 502. The molecule has 1 amide bonds. The van der Waals surface area contributed by atoms with Gasteiger partial charge >= 0.3 is 0 Å². The number of hydrogen-bond donors (Lipinski definition) is 1. The highest BCUT2D eigenvalue weighted by molar-refractivity contribution is 5.76. The minimum Gasteiger partial charge on any atom is -0.493 e. The first-order valence-electron chi connectivity index (χ1n) is 7.72. The molecule has 1 aliphatic heterocycles. The summed E-state index contributed by atoms with van der Waals surface area (Å²) in [5, 5.41) is 0. The summed E-state index contributed by atoms with van der Waals surface area (Å²) in [7, 11) is 0. The van der Waals surface area contributed by atoms with Crippen LogP contribution in [0.15, 0.2) is 18.2 Å². The maximum atomic E-state index is 12.2. The first kappa shape index (κ1) is 15.8. The standard InChI is InChI=1S/C17H26N2O2/c1-12-4-5-16(13(2)10-12)21-9-7-17(20)19-8-6-15(18)11-14(19)3/h4-5,10,14-15H,6-9,11,18H2,1-3H3. The number of likely N-dealkylation sites (tertiary alicyclic amines) is 1. The predicted molar refractivity (Wildman–Crippen MR) is 84.4 cm³/mol. The van der Waals surface area contributed by atoms with Crippen molar-refractivity contribution < 1.29 is 9.53 Å². The number of benzene rings is 1. The van der Waals surface area contributed by atoms with Crippen LogP contribution in [0.3, 0.4) is 0 Å². The Kier molecular flexibility index (Phi) is 5.23. The van der Waals surface area contributed by atoms with E-state index >= 15 is 0 Å². The molecule has 1 aromatic carbocycles. The third-order valence-electron chi connectivity index (χ3n) is 4.14. The molecule has 1 heterocycles. The van der Waals surface area contributed by atoms with Crippen LogP contribution in [0.5, 0.6) is 5.75 Å². The van der Waals surface area contributed by atoms with Crippen molar-refractivity contribution in [2.75, 3.05) is 13.2 Å². The first-order chi connectivity index (χ1) is 9.97. The summed E-state index contributed by atoms with van der Waals surface area (Å²) in [6.45, 7) is 7.35. The Morgan fingerprint density at radius 2 is 2.19 bits per heavy atom. The number of nitrogens with zero attached hydrogens (tertiary/aromatic N) is 1. The summed E-state index contributed by atoms with van der Waals surface area (Å²) in [4.78, 5) is 14.2. The van der Waals surface area contributed by atoms with Gasteiger partial charge in [0.25, 0.3) is 0 Å². The molecule has 2 atom stereocenters. The van der Waals surface area contributed by atoms with Crippen molar-refractivity contribution in [3.05, 3.63) is 29.3 Å². The van der Waals surface area contributed by atoms with Crippen LogP contribution >= 0.6 is 0 Å². The quantitative estimate of drug-likeness (QED) is 0.926. The van der Waals surface area contributed by atoms with Crippen LogP contribution in [0, 0.1) is 13.8 Å². The van der Waals surface area contributed by atoms with Gasteiger partial charge in [0.15, 0.2) is 0 Å². The summed E-state index contributed by atoms with van der Waals surface area (Å²) in [5.41, 5.74) is 8.26. The molecule has 116 valence electrons. The molecule has 4 nitrogen and oxygen atoms in total. The molecule has 0 saturated carbocycles. The van der Waals surface area contributed by atoms with Gasteiger partial charge in [-0.2, -0.15) is 0 Å². The summed E-state index contributed by atoms with van der Waals surface area (Å²) < 4.78 is 5.74. The highest BCUT2D eigenvalue weighted by Gasteiger charge is 2.26. The van der Waals surface area contributed by atoms with Gasteiger partial charge in [0.2, 0.25) is 5.91 Å². The molecule has 1 fully saturated rings. The molecular weight excluding hydrogens is 264 g/mol. The van der Waals surface area contributed by atoms with Crippen LogP contribution in [-0.4, -0.2) is 36.0 Å². The van der Waals surface area contributed by atoms with Crippen LogP contribution in [0.4, 0.5) is 0 Å². The molecule has 21 heavy (non-hydrogen) atoms. The fourth-order valence-electron chi connectivity index (χ4n) is 2.93. The van der Waals surface area contributed by atoms with Crippen molar-refractivity contribution in [1.29, 1.82) is 0 Å². The van der Waals surface area contributed by atoms with Crippen molar-refractivity contribution in [2.45, 2.75) is 52.1 Å². The zero-order chi connectivity index (χ0) is 15.4. The van der Waals surface area contributed by atoms with E-state index in [1.807, 2.05) is 24.0 Å². The minimum absolute atomic E-state index is 0.166. The lowest BCUT2D eigenvalue weighted by Crippen LogP contribution is -2.48. The summed E-state index contributed by atoms with van der Waals surface area (Å²) >= 11 is 0. The Hall–Kier alpha value is -1.55. The van der Waals surface area contributed by atoms with Crippen molar-refractivity contribution in [2.24, 2.45) is 5.73 Å². The highest BCUT2D eigenvalue weighted by atomic mass is 16.5. The monoisotopic (exact) mass is 290 g/mol. The number of carbonyl (C=O) groups excluding carboxylic acids is 1. The smallest absolute Gasteiger partial charge is 0.226 e. The van der Waals surface area contributed by atoms with Gasteiger partial charge < -0.3 is 15.4 Å². The van der Waals surface area contributed by atoms with Crippen molar-refractivity contribution in [3.63, 3.8) is 0 Å². The van der Waals surface area contributed by atoms with E-state index < -0.39 is 0 Å². The fraction of sp³-hybridized carbons (Fsp3) is 0.588. The van der Waals surface area contributed by atoms with Gasteiger partial charge in [-0.15, -0.1) is 0 Å². The van der Waals surface area contributed by atoms with Gasteiger partial charge in [-0.3, -0.25) is 4.79 Å². The van der Waals surface area contributed by atoms with E-state index in [0.717, 1.165) is 30.7 Å². The highest BCUT2D eigenvalue weighted by Crippen LogP contribution is 2.20. The van der Waals surface area contributed by atoms with Crippen LogP contribution in [0.25, 0.3) is 0 Å². The molecule has 1 aliphatic rings. The predicted octanol–water partition coefficient (Wildman–Crippen LogP) is 2.41. The molecule has 1 saturated heterocycles. The maximum absolute atomic E-state index is 12.2. The van der Waals surface area contributed by atoms with Gasteiger partial charge in [-0.05, 0) is 45.2 Å². The Labute approximate surface area is 127 Å². The average molecular weight is 290 g/mol. The van der Waals surface area contributed by atoms with E-state index in [9.17, 15) is 4.79 Å². The minimum atomic E-state index is 0.166. The van der Waals surface area contributed by atoms with Crippen molar-refractivity contribution in [3.8, 4) is 5.75 Å². The normalized spacial score (nSPS) is 22.2. The van der Waals surface area contributed by atoms with Crippen LogP contribution in [0.1, 0.15) is 37.3 Å². The topological polar surface area (TPSA) is 55.6 Å². The number of aryl methyl sites for hydroxylation is 2. The van der Waals surface area contributed by atoms with Gasteiger partial charge in [-0.25, -0.2) is 0 Å². The molecule has 0 aromatic heterocycles. The van der Waals surface area contributed by atoms with E-state index in [0.29, 0.717) is 13.0 Å². The lowest BCUT2D eigenvalue weighted by atomic mass is 9.99. The van der Waals surface area contributed by atoms with Gasteiger partial charge in [0, 0.05) is 18.6 Å². The van der Waals surface area contributed by atoms with Crippen LogP contribution < -0.4 is 10.5 Å². The van der Waals surface area contributed by atoms with E-state index in [1.54, 1.807) is 0 Å². The number of rotatable bonds is 4. The number of ether oxygens (including phenoxy) is 1. The molecule has 2 unspecified atom stereocenters. The van der Waals surface area contributed by atoms with E-state index in [-0.39, 0.29) is 18.0 Å². The molecule has 2 rings (SSSR count). The second-order valence-corrected chi connectivity index (χ2v) is 6.09. The third-order valence-corrected chi connectivity index (χ3v) is 4.14. The number of hydrogen-bond acceptors (Lipinski definition) is 3. The number of amides is 1. The largest absolute Gasteiger partial charge is 0.493 e. The third kappa shape index (κ3) is 4.21. The number of nitrogens with two attached hydrogens (primary N) is 1. The fourth-order valence-corrected chi connectivity index (χ4v) is 2.93. The zero-order valence-corrected chi connectivity index (χ0v) is 13.3. The van der Waals surface area contributed by atoms with E-state index in [4.69, 9.17) is 10.5 Å². The van der Waals surface area contributed by atoms with Gasteiger partial charge in [-0.1, -0.05) is 17.7 Å². The molecule has 0 radical (unpaired) electrons. The molecule has 4 heteroatoms. The second-order valence-electron chi connectivity index (χ2n) is 6.09. The SMILES string of the molecule is Cc1ccc(OCCC(=O)N2CCC(N)CC2C)c(C)c1. The number of carbonyl (C=O) groups is 1. The Balaban J connectivity index is 1.81. The zero-order valence-electron chi connectivity index (χ0n) is 13.3. The Morgan fingerprint density at radius 1 is 1.43 bits per heavy atom. The average Bonchev–Trinajstić information content (AvgIpc) is 2.41. The van der Waals surface area contributed by atoms with E-state index in [1.165, 1.54) is 5.56 Å². The molecule has 0 spiro atoms. The Morgan fingerprint density at radius 3 is 2.86 bits per heavy atom. The van der Waals surface area contributed by atoms with Crippen LogP contribution in [0.2, 0.25) is 0 Å². The molecule has 2 N–H and O–H groups in total. The summed E-state index contributed by atoms with van der Waals surface area (Å²) in [6, 6.07) is 6.55. The molecule has 0 bridgehead atoms. The number of piperidine rings is 1.